The Bertz CT molecular complexity index is 1070. The first kappa shape index (κ1) is 22.0. The van der Waals surface area contributed by atoms with Gasteiger partial charge in [0.05, 0.1) is 18.1 Å². The van der Waals surface area contributed by atoms with Gasteiger partial charge in [0.15, 0.2) is 0 Å². The van der Waals surface area contributed by atoms with Gasteiger partial charge in [-0.05, 0) is 62.1 Å². The third-order valence-corrected chi connectivity index (χ3v) is 5.21. The minimum Gasteiger partial charge on any atom is -0.489 e. The Morgan fingerprint density at radius 2 is 1.81 bits per heavy atom. The molecule has 1 atom stereocenters. The van der Waals surface area contributed by atoms with Crippen LogP contribution in [0.3, 0.4) is 0 Å². The molecule has 2 N–H and O–H groups in total. The number of ether oxygens (including phenoxy) is 3. The first-order chi connectivity index (χ1) is 14.9. The van der Waals surface area contributed by atoms with E-state index in [-0.39, 0.29) is 23.6 Å². The first-order valence-electron chi connectivity index (χ1n) is 10.1. The van der Waals surface area contributed by atoms with E-state index in [1.54, 1.807) is 13.8 Å². The summed E-state index contributed by atoms with van der Waals surface area (Å²) < 4.78 is 16.7. The molecule has 2 aromatic carbocycles. The molecule has 0 spiro atoms. The van der Waals surface area contributed by atoms with Crippen molar-refractivity contribution in [1.82, 2.24) is 0 Å². The van der Waals surface area contributed by atoms with Gasteiger partial charge in [-0.2, -0.15) is 5.26 Å². The Hall–Kier alpha value is -3.72. The SMILES string of the molecule is CCOC(=O)C1=C(C)OC(N)=C(C#N)C1c1c(C)cc(OCc2ccccc2)cc1C. The summed E-state index contributed by atoms with van der Waals surface area (Å²) in [5.41, 5.74) is 10.1. The molecule has 31 heavy (non-hydrogen) atoms. The number of rotatable bonds is 6. The predicted octanol–water partition coefficient (Wildman–Crippen LogP) is 4.53. The molecule has 0 fully saturated rings. The van der Waals surface area contributed by atoms with E-state index >= 15 is 0 Å². The Kier molecular flexibility index (Phi) is 6.66. The highest BCUT2D eigenvalue weighted by Gasteiger charge is 2.37. The van der Waals surface area contributed by atoms with Gasteiger partial charge in [0.1, 0.15) is 29.8 Å². The van der Waals surface area contributed by atoms with Crippen LogP contribution in [0.5, 0.6) is 5.75 Å². The molecule has 0 aliphatic carbocycles. The lowest BCUT2D eigenvalue weighted by Crippen LogP contribution is -2.26. The van der Waals surface area contributed by atoms with Gasteiger partial charge in [0.25, 0.3) is 0 Å². The molecule has 0 saturated heterocycles. The van der Waals surface area contributed by atoms with E-state index in [0.29, 0.717) is 18.1 Å². The lowest BCUT2D eigenvalue weighted by molar-refractivity contribution is -0.139. The zero-order valence-corrected chi connectivity index (χ0v) is 18.2. The normalized spacial score (nSPS) is 15.9. The van der Waals surface area contributed by atoms with Crippen LogP contribution in [0.15, 0.2) is 65.3 Å². The summed E-state index contributed by atoms with van der Waals surface area (Å²) in [5, 5.41) is 9.79. The largest absolute Gasteiger partial charge is 0.489 e. The molecule has 0 saturated carbocycles. The maximum Gasteiger partial charge on any atom is 0.338 e. The van der Waals surface area contributed by atoms with Crippen molar-refractivity contribution < 1.29 is 19.0 Å². The monoisotopic (exact) mass is 418 g/mol. The van der Waals surface area contributed by atoms with Crippen molar-refractivity contribution >= 4 is 5.97 Å². The summed E-state index contributed by atoms with van der Waals surface area (Å²) >= 11 is 0. The van der Waals surface area contributed by atoms with E-state index in [9.17, 15) is 10.1 Å². The highest BCUT2D eigenvalue weighted by molar-refractivity contribution is 5.92. The molecule has 6 heteroatoms. The van der Waals surface area contributed by atoms with Gasteiger partial charge >= 0.3 is 5.97 Å². The fourth-order valence-corrected chi connectivity index (χ4v) is 3.86. The predicted molar refractivity (Wildman–Crippen MR) is 117 cm³/mol. The van der Waals surface area contributed by atoms with E-state index in [0.717, 1.165) is 22.3 Å². The van der Waals surface area contributed by atoms with Crippen molar-refractivity contribution in [2.45, 2.75) is 40.2 Å². The highest BCUT2D eigenvalue weighted by atomic mass is 16.5. The third-order valence-electron chi connectivity index (χ3n) is 5.21. The number of aryl methyl sites for hydroxylation is 2. The average molecular weight is 418 g/mol. The number of nitrogens with two attached hydrogens (primary N) is 1. The van der Waals surface area contributed by atoms with Gasteiger partial charge in [0, 0.05) is 0 Å². The number of nitriles is 1. The molecule has 1 heterocycles. The number of nitrogens with zero attached hydrogens (tertiary/aromatic N) is 1. The highest BCUT2D eigenvalue weighted by Crippen LogP contribution is 2.43. The van der Waals surface area contributed by atoms with Crippen molar-refractivity contribution in [2.24, 2.45) is 5.73 Å². The van der Waals surface area contributed by atoms with Gasteiger partial charge in [-0.1, -0.05) is 30.3 Å². The third kappa shape index (κ3) is 4.56. The van der Waals surface area contributed by atoms with E-state index in [1.165, 1.54) is 0 Å². The molecule has 1 aliphatic rings. The molecule has 1 aliphatic heterocycles. The van der Waals surface area contributed by atoms with Crippen LogP contribution in [-0.4, -0.2) is 12.6 Å². The summed E-state index contributed by atoms with van der Waals surface area (Å²) in [4.78, 5) is 12.8. The van der Waals surface area contributed by atoms with Crippen molar-refractivity contribution in [1.29, 1.82) is 5.26 Å². The van der Waals surface area contributed by atoms with Gasteiger partial charge < -0.3 is 19.9 Å². The number of benzene rings is 2. The van der Waals surface area contributed by atoms with Crippen LogP contribution in [0.4, 0.5) is 0 Å². The van der Waals surface area contributed by atoms with Crippen LogP contribution in [0, 0.1) is 25.2 Å². The number of hydrogen-bond acceptors (Lipinski definition) is 6. The molecule has 0 radical (unpaired) electrons. The molecule has 160 valence electrons. The smallest absolute Gasteiger partial charge is 0.338 e. The molecule has 2 aromatic rings. The molecule has 0 bridgehead atoms. The lowest BCUT2D eigenvalue weighted by Gasteiger charge is -2.29. The van der Waals surface area contributed by atoms with Crippen molar-refractivity contribution in [3.63, 3.8) is 0 Å². The van der Waals surface area contributed by atoms with E-state index in [4.69, 9.17) is 19.9 Å². The van der Waals surface area contributed by atoms with Crippen LogP contribution in [0.1, 0.15) is 42.0 Å². The number of carbonyl (C=O) groups is 1. The Labute approximate surface area is 182 Å². The van der Waals surface area contributed by atoms with Crippen LogP contribution in [0.25, 0.3) is 0 Å². The van der Waals surface area contributed by atoms with Crippen molar-refractivity contribution in [3.8, 4) is 11.8 Å². The second-order valence-corrected chi connectivity index (χ2v) is 7.36. The van der Waals surface area contributed by atoms with Gasteiger partial charge in [-0.25, -0.2) is 4.79 Å². The summed E-state index contributed by atoms with van der Waals surface area (Å²) in [6.07, 6.45) is 0. The number of allylic oxidation sites excluding steroid dienone is 2. The van der Waals surface area contributed by atoms with Crippen molar-refractivity contribution in [3.05, 3.63) is 87.5 Å². The van der Waals surface area contributed by atoms with Crippen LogP contribution in [-0.2, 0) is 20.9 Å². The fraction of sp³-hybridized carbons (Fsp3) is 0.280. The second kappa shape index (κ2) is 9.40. The zero-order chi connectivity index (χ0) is 22.5. The zero-order valence-electron chi connectivity index (χ0n) is 18.2. The van der Waals surface area contributed by atoms with Crippen LogP contribution in [0.2, 0.25) is 0 Å². The topological polar surface area (TPSA) is 94.6 Å². The second-order valence-electron chi connectivity index (χ2n) is 7.36. The van der Waals surface area contributed by atoms with Crippen LogP contribution >= 0.6 is 0 Å². The van der Waals surface area contributed by atoms with Crippen LogP contribution < -0.4 is 10.5 Å². The molecule has 6 nitrogen and oxygen atoms in total. The molecule has 1 unspecified atom stereocenters. The summed E-state index contributed by atoms with van der Waals surface area (Å²) in [6.45, 7) is 7.90. The molecular formula is C25H26N2O4. The number of hydrogen-bond donors (Lipinski definition) is 1. The Balaban J connectivity index is 2.02. The standard InChI is InChI=1S/C25H26N2O4/c1-5-29-25(28)22-17(4)31-24(27)20(13-26)23(22)21-15(2)11-19(12-16(21)3)30-14-18-9-7-6-8-10-18/h6-12,23H,5,14,27H2,1-4H3. The van der Waals surface area contributed by atoms with Crippen molar-refractivity contribution in [2.75, 3.05) is 6.61 Å². The maximum atomic E-state index is 12.8. The molecule has 0 amide bonds. The Morgan fingerprint density at radius 3 is 2.39 bits per heavy atom. The van der Waals surface area contributed by atoms with E-state index in [2.05, 4.69) is 6.07 Å². The summed E-state index contributed by atoms with van der Waals surface area (Å²) in [7, 11) is 0. The minimum atomic E-state index is -0.666. The number of carbonyl (C=O) groups excluding carboxylic acids is 1. The first-order valence-corrected chi connectivity index (χ1v) is 10.1. The van der Waals surface area contributed by atoms with Gasteiger partial charge in [-0.15, -0.1) is 0 Å². The molecule has 0 aromatic heterocycles. The maximum absolute atomic E-state index is 12.8. The minimum absolute atomic E-state index is 0.00116. The summed E-state index contributed by atoms with van der Waals surface area (Å²) in [5.74, 6) is -0.137. The molecule has 3 rings (SSSR count). The lowest BCUT2D eigenvalue weighted by atomic mass is 9.79. The van der Waals surface area contributed by atoms with E-state index < -0.39 is 11.9 Å². The van der Waals surface area contributed by atoms with E-state index in [1.807, 2.05) is 56.3 Å². The van der Waals surface area contributed by atoms with Gasteiger partial charge in [-0.3, -0.25) is 0 Å². The Morgan fingerprint density at radius 1 is 1.16 bits per heavy atom. The fourth-order valence-electron chi connectivity index (χ4n) is 3.86. The molecular weight excluding hydrogens is 392 g/mol. The number of esters is 1. The average Bonchev–Trinajstić information content (AvgIpc) is 2.72. The van der Waals surface area contributed by atoms with Gasteiger partial charge in [0.2, 0.25) is 5.88 Å². The summed E-state index contributed by atoms with van der Waals surface area (Å²) in [6, 6.07) is 15.8. The quantitative estimate of drug-likeness (QED) is 0.693.